The minimum Gasteiger partial charge on any atom is -0.270 e. The molecule has 0 spiro atoms. The Hall–Kier alpha value is -0.400. The summed E-state index contributed by atoms with van der Waals surface area (Å²) in [4.78, 5) is 4.32. The van der Waals surface area contributed by atoms with Crippen LogP contribution in [0.5, 0.6) is 0 Å². The molecule has 0 aliphatic rings. The highest BCUT2D eigenvalue weighted by Gasteiger charge is 2.11. The summed E-state index contributed by atoms with van der Waals surface area (Å²) in [5, 5.41) is 4.35. The Morgan fingerprint density at radius 1 is 1.44 bits per heavy atom. The first-order valence-electron chi connectivity index (χ1n) is 4.69. The van der Waals surface area contributed by atoms with Gasteiger partial charge in [0.1, 0.15) is 5.82 Å². The lowest BCUT2D eigenvalue weighted by molar-refractivity contribution is 0.727. The summed E-state index contributed by atoms with van der Waals surface area (Å²) in [6, 6.07) is 0. The van der Waals surface area contributed by atoms with Crippen LogP contribution in [0.1, 0.15) is 17.2 Å². The van der Waals surface area contributed by atoms with Gasteiger partial charge >= 0.3 is 0 Å². The third-order valence-corrected chi connectivity index (χ3v) is 5.07. The van der Waals surface area contributed by atoms with E-state index < -0.39 is 0 Å². The highest BCUT2D eigenvalue weighted by atomic mass is 79.9. The molecule has 16 heavy (non-hydrogen) atoms. The molecular weight excluding hydrogens is 308 g/mol. The molecule has 2 aromatic heterocycles. The third kappa shape index (κ3) is 2.46. The maximum Gasteiger partial charge on any atom is 0.170 e. The molecule has 0 saturated heterocycles. The van der Waals surface area contributed by atoms with Gasteiger partial charge in [-0.1, -0.05) is 11.8 Å². The molecule has 0 radical (unpaired) electrons. The second-order valence-electron chi connectivity index (χ2n) is 3.37. The van der Waals surface area contributed by atoms with E-state index in [0.29, 0.717) is 0 Å². The molecule has 0 unspecified atom stereocenters. The summed E-state index contributed by atoms with van der Waals surface area (Å²) in [5.41, 5.74) is 2.20. The van der Waals surface area contributed by atoms with E-state index >= 15 is 0 Å². The van der Waals surface area contributed by atoms with Gasteiger partial charge in [-0.05, 0) is 41.3 Å². The Morgan fingerprint density at radius 2 is 2.19 bits per heavy atom. The first kappa shape index (κ1) is 12.1. The monoisotopic (exact) mass is 318 g/mol. The quantitative estimate of drug-likeness (QED) is 0.816. The minimum atomic E-state index is 0.841. The van der Waals surface area contributed by atoms with Crippen molar-refractivity contribution in [3.63, 3.8) is 0 Å². The molecule has 0 fully saturated rings. The Balaban J connectivity index is 2.10. The van der Waals surface area contributed by atoms with Crippen LogP contribution >= 0.6 is 39.2 Å². The van der Waals surface area contributed by atoms with Crippen molar-refractivity contribution >= 4 is 39.2 Å². The molecule has 0 aromatic carbocycles. The molecule has 0 saturated carbocycles. The largest absolute Gasteiger partial charge is 0.270 e. The van der Waals surface area contributed by atoms with E-state index in [2.05, 4.69) is 30.4 Å². The number of nitrogens with zero attached hydrogens (tertiary/aromatic N) is 4. The molecule has 2 heterocycles. The van der Waals surface area contributed by atoms with Crippen molar-refractivity contribution < 1.29 is 0 Å². The minimum absolute atomic E-state index is 0.841. The summed E-state index contributed by atoms with van der Waals surface area (Å²) in [5.74, 6) is 1.69. The molecule has 0 aliphatic heterocycles. The number of halogens is 1. The lowest BCUT2D eigenvalue weighted by atomic mass is 10.4. The Morgan fingerprint density at radius 3 is 2.69 bits per heavy atom. The predicted octanol–water partition coefficient (Wildman–Crippen LogP) is 2.94. The molecule has 0 aliphatic carbocycles. The molecule has 2 rings (SSSR count). The highest BCUT2D eigenvalue weighted by molar-refractivity contribution is 9.10. The Bertz CT molecular complexity index is 506. The number of hydrogen-bond donors (Lipinski definition) is 0. The predicted molar refractivity (Wildman–Crippen MR) is 69.9 cm³/mol. The van der Waals surface area contributed by atoms with E-state index in [1.54, 1.807) is 11.8 Å². The fourth-order valence-electron chi connectivity index (χ4n) is 1.30. The number of aromatic nitrogens is 4. The normalized spacial score (nSPS) is 11.0. The van der Waals surface area contributed by atoms with E-state index in [9.17, 15) is 0 Å². The van der Waals surface area contributed by atoms with E-state index in [4.69, 9.17) is 0 Å². The summed E-state index contributed by atoms with van der Waals surface area (Å²) in [6.07, 6.45) is 0. The van der Waals surface area contributed by atoms with Crippen LogP contribution in [0.4, 0.5) is 0 Å². The van der Waals surface area contributed by atoms with Crippen molar-refractivity contribution in [1.29, 1.82) is 0 Å². The number of aryl methyl sites for hydroxylation is 3. The van der Waals surface area contributed by atoms with Gasteiger partial charge in [-0.25, -0.2) is 4.98 Å². The van der Waals surface area contributed by atoms with Gasteiger partial charge in [0.15, 0.2) is 4.34 Å². The summed E-state index contributed by atoms with van der Waals surface area (Å²) < 4.78 is 8.15. The molecule has 0 N–H and O–H groups in total. The fourth-order valence-corrected chi connectivity index (χ4v) is 3.68. The van der Waals surface area contributed by atoms with E-state index in [-0.39, 0.29) is 0 Å². The van der Waals surface area contributed by atoms with Crippen LogP contribution < -0.4 is 0 Å². The van der Waals surface area contributed by atoms with Crippen LogP contribution in [0.25, 0.3) is 0 Å². The molecule has 0 bridgehead atoms. The number of thioether (sulfide) groups is 1. The summed E-state index contributed by atoms with van der Waals surface area (Å²) in [6.45, 7) is 3.90. The van der Waals surface area contributed by atoms with Crippen LogP contribution in [0, 0.1) is 13.8 Å². The number of hydrogen-bond acceptors (Lipinski definition) is 5. The van der Waals surface area contributed by atoms with Crippen LogP contribution in [0.2, 0.25) is 0 Å². The van der Waals surface area contributed by atoms with Crippen LogP contribution in [-0.4, -0.2) is 19.1 Å². The zero-order valence-electron chi connectivity index (χ0n) is 9.19. The first-order chi connectivity index (χ1) is 7.58. The average molecular weight is 319 g/mol. The van der Waals surface area contributed by atoms with Crippen molar-refractivity contribution in [1.82, 2.24) is 19.1 Å². The summed E-state index contributed by atoms with van der Waals surface area (Å²) >= 11 is 6.68. The molecule has 4 nitrogen and oxygen atoms in total. The van der Waals surface area contributed by atoms with Gasteiger partial charge in [-0.15, -0.1) is 0 Å². The average Bonchev–Trinajstić information content (AvgIpc) is 2.72. The van der Waals surface area contributed by atoms with Crippen LogP contribution in [-0.2, 0) is 12.8 Å². The Kier molecular flexibility index (Phi) is 3.66. The van der Waals surface area contributed by atoms with Crippen LogP contribution in [0.15, 0.2) is 8.81 Å². The van der Waals surface area contributed by atoms with Crippen molar-refractivity contribution in [3.8, 4) is 0 Å². The zero-order valence-corrected chi connectivity index (χ0v) is 12.4. The van der Waals surface area contributed by atoms with Gasteiger partial charge in [0.05, 0.1) is 15.9 Å². The molecular formula is C9H11BrN4S2. The van der Waals surface area contributed by atoms with Gasteiger partial charge in [-0.3, -0.25) is 4.68 Å². The standard InChI is InChI=1S/C9H11BrN4S2/c1-5-8(10)7(14(3)12-5)4-15-9-11-6(2)13-16-9/h4H2,1-3H3. The zero-order chi connectivity index (χ0) is 11.7. The van der Waals surface area contributed by atoms with Gasteiger partial charge in [0.2, 0.25) is 0 Å². The number of rotatable bonds is 3. The van der Waals surface area contributed by atoms with Crippen molar-refractivity contribution in [2.24, 2.45) is 7.05 Å². The summed E-state index contributed by atoms with van der Waals surface area (Å²) in [7, 11) is 1.96. The molecule has 86 valence electrons. The van der Waals surface area contributed by atoms with Gasteiger partial charge in [0, 0.05) is 12.8 Å². The second-order valence-corrected chi connectivity index (χ2v) is 6.13. The van der Waals surface area contributed by atoms with Gasteiger partial charge in [0.25, 0.3) is 0 Å². The molecule has 0 amide bonds. The van der Waals surface area contributed by atoms with E-state index in [1.807, 2.05) is 25.6 Å². The van der Waals surface area contributed by atoms with Gasteiger partial charge in [-0.2, -0.15) is 9.47 Å². The van der Waals surface area contributed by atoms with E-state index in [1.165, 1.54) is 17.2 Å². The highest BCUT2D eigenvalue weighted by Crippen LogP contribution is 2.29. The molecule has 7 heteroatoms. The maximum absolute atomic E-state index is 4.35. The third-order valence-electron chi connectivity index (χ3n) is 2.10. The van der Waals surface area contributed by atoms with Crippen LogP contribution in [0.3, 0.4) is 0 Å². The molecule has 0 atom stereocenters. The SMILES string of the molecule is Cc1nsc(SCc2c(Br)c(C)nn2C)n1. The second kappa shape index (κ2) is 4.85. The smallest absolute Gasteiger partial charge is 0.170 e. The first-order valence-corrected chi connectivity index (χ1v) is 7.24. The van der Waals surface area contributed by atoms with Crippen molar-refractivity contribution in [2.75, 3.05) is 0 Å². The van der Waals surface area contributed by atoms with E-state index in [0.717, 1.165) is 26.1 Å². The fraction of sp³-hybridized carbons (Fsp3) is 0.444. The Labute approximate surface area is 111 Å². The maximum atomic E-state index is 4.35. The topological polar surface area (TPSA) is 43.6 Å². The lowest BCUT2D eigenvalue weighted by Gasteiger charge is -2.00. The van der Waals surface area contributed by atoms with Crippen molar-refractivity contribution in [3.05, 3.63) is 21.7 Å². The van der Waals surface area contributed by atoms with Crippen molar-refractivity contribution in [2.45, 2.75) is 23.9 Å². The molecule has 2 aromatic rings. The lowest BCUT2D eigenvalue weighted by Crippen LogP contribution is -1.96. The van der Waals surface area contributed by atoms with Gasteiger partial charge < -0.3 is 0 Å².